The third kappa shape index (κ3) is 8.25. The van der Waals surface area contributed by atoms with Crippen LogP contribution in [0.25, 0.3) is 0 Å². The van der Waals surface area contributed by atoms with E-state index in [0.717, 1.165) is 11.3 Å². The van der Waals surface area contributed by atoms with Gasteiger partial charge in [0.25, 0.3) is 0 Å². The van der Waals surface area contributed by atoms with Gasteiger partial charge in [0.05, 0.1) is 19.8 Å². The fourth-order valence-corrected chi connectivity index (χ4v) is 5.43. The van der Waals surface area contributed by atoms with Crippen LogP contribution in [0.2, 0.25) is 18.1 Å². The molecule has 5 atom stereocenters. The Bertz CT molecular complexity index is 875. The zero-order valence-electron chi connectivity index (χ0n) is 23.9. The van der Waals surface area contributed by atoms with Crippen LogP contribution in [0.4, 0.5) is 4.39 Å². The van der Waals surface area contributed by atoms with E-state index in [1.54, 1.807) is 19.3 Å². The molecule has 0 aliphatic carbocycles. The van der Waals surface area contributed by atoms with Gasteiger partial charge in [0.1, 0.15) is 23.8 Å². The molecule has 7 heteroatoms. The molecule has 1 aromatic carbocycles. The summed E-state index contributed by atoms with van der Waals surface area (Å²) in [7, 11) is -0.369. The minimum atomic E-state index is -1.99. The van der Waals surface area contributed by atoms with Gasteiger partial charge in [-0.15, -0.1) is 6.58 Å². The highest BCUT2D eigenvalue weighted by Crippen LogP contribution is 2.39. The van der Waals surface area contributed by atoms with Crippen LogP contribution >= 0.6 is 0 Å². The van der Waals surface area contributed by atoms with E-state index < -0.39 is 26.3 Å². The Labute approximate surface area is 219 Å². The molecular weight excluding hydrogens is 475 g/mol. The van der Waals surface area contributed by atoms with Gasteiger partial charge in [-0.1, -0.05) is 45.9 Å². The van der Waals surface area contributed by atoms with E-state index in [4.69, 9.17) is 23.4 Å². The van der Waals surface area contributed by atoms with Gasteiger partial charge in [0.2, 0.25) is 0 Å². The van der Waals surface area contributed by atoms with E-state index in [1.165, 1.54) is 0 Å². The molecule has 0 saturated carbocycles. The summed E-state index contributed by atoms with van der Waals surface area (Å²) in [6, 6.07) is 7.54. The van der Waals surface area contributed by atoms with E-state index in [9.17, 15) is 0 Å². The summed E-state index contributed by atoms with van der Waals surface area (Å²) in [6.45, 7) is 22.8. The van der Waals surface area contributed by atoms with Crippen molar-refractivity contribution in [1.29, 1.82) is 0 Å². The maximum atomic E-state index is 16.0. The summed E-state index contributed by atoms with van der Waals surface area (Å²) in [5, 5.41) is 0.0752. The second kappa shape index (κ2) is 12.4. The van der Waals surface area contributed by atoms with Gasteiger partial charge in [-0.05, 0) is 69.1 Å². The summed E-state index contributed by atoms with van der Waals surface area (Å²) in [5.41, 5.74) is 0.912. The average Bonchev–Trinajstić information content (AvgIpc) is 3.07. The van der Waals surface area contributed by atoms with Crippen molar-refractivity contribution in [2.45, 2.75) is 110 Å². The molecule has 1 heterocycles. The monoisotopic (exact) mass is 522 g/mol. The molecule has 1 aliphatic heterocycles. The quantitative estimate of drug-likeness (QED) is 0.209. The Morgan fingerprint density at radius 2 is 1.78 bits per heavy atom. The van der Waals surface area contributed by atoms with Crippen LogP contribution in [0.1, 0.15) is 60.5 Å². The third-order valence-corrected chi connectivity index (χ3v) is 11.8. The molecule has 1 aromatic rings. The van der Waals surface area contributed by atoms with E-state index in [1.807, 2.05) is 52.0 Å². The molecule has 2 rings (SSSR count). The van der Waals surface area contributed by atoms with Crippen LogP contribution < -0.4 is 4.74 Å². The molecule has 0 aromatic heterocycles. The van der Waals surface area contributed by atoms with Crippen LogP contribution in [-0.2, 0) is 25.2 Å². The van der Waals surface area contributed by atoms with Crippen molar-refractivity contribution >= 4 is 8.32 Å². The highest BCUT2D eigenvalue weighted by Gasteiger charge is 2.47. The van der Waals surface area contributed by atoms with E-state index >= 15 is 4.39 Å². The molecule has 1 saturated heterocycles. The highest BCUT2D eigenvalue weighted by molar-refractivity contribution is 6.74. The fraction of sp³-hybridized carbons (Fsp3) is 0.655. The first-order valence-electron chi connectivity index (χ1n) is 12.9. The fourth-order valence-electron chi connectivity index (χ4n) is 3.94. The number of halogens is 1. The Morgan fingerprint density at radius 1 is 1.17 bits per heavy atom. The highest BCUT2D eigenvalue weighted by atomic mass is 28.4. The molecule has 0 radical (unpaired) electrons. The van der Waals surface area contributed by atoms with Gasteiger partial charge in [-0.25, -0.2) is 4.39 Å². The molecule has 0 spiro atoms. The number of benzene rings is 1. The lowest BCUT2D eigenvalue weighted by molar-refractivity contribution is -0.158. The SMILES string of the molecule is C=CC[C@@H]1OC(C)(C)O[C@@H]1[C@H](OCc1ccc(OC)cc1)/C(F)=C\[C@@H](C)[C@@H](C)O[Si](C)(C)C(C)(C)C. The predicted octanol–water partition coefficient (Wildman–Crippen LogP) is 7.58. The second-order valence-electron chi connectivity index (χ2n) is 11.7. The third-order valence-electron chi connectivity index (χ3n) is 7.23. The Kier molecular flexibility index (Phi) is 10.5. The molecular formula is C29H47FO5Si. The molecule has 1 fully saturated rings. The first-order chi connectivity index (χ1) is 16.6. The Hall–Kier alpha value is -1.51. The first kappa shape index (κ1) is 30.7. The van der Waals surface area contributed by atoms with Crippen molar-refractivity contribution in [2.75, 3.05) is 7.11 Å². The maximum Gasteiger partial charge on any atom is 0.192 e. The van der Waals surface area contributed by atoms with E-state index in [2.05, 4.69) is 40.4 Å². The van der Waals surface area contributed by atoms with E-state index in [0.29, 0.717) is 6.42 Å². The summed E-state index contributed by atoms with van der Waals surface area (Å²) >= 11 is 0. The minimum absolute atomic E-state index is 0.0752. The topological polar surface area (TPSA) is 46.2 Å². The summed E-state index contributed by atoms with van der Waals surface area (Å²) < 4.78 is 46.2. The molecule has 0 N–H and O–H groups in total. The van der Waals surface area contributed by atoms with Crippen LogP contribution in [0, 0.1) is 5.92 Å². The van der Waals surface area contributed by atoms with Crippen molar-refractivity contribution in [2.24, 2.45) is 5.92 Å². The van der Waals surface area contributed by atoms with Crippen molar-refractivity contribution in [3.63, 3.8) is 0 Å². The molecule has 0 amide bonds. The molecule has 204 valence electrons. The van der Waals surface area contributed by atoms with Crippen molar-refractivity contribution in [1.82, 2.24) is 0 Å². The lowest BCUT2D eigenvalue weighted by Crippen LogP contribution is -2.44. The zero-order valence-corrected chi connectivity index (χ0v) is 24.9. The Morgan fingerprint density at radius 3 is 2.31 bits per heavy atom. The van der Waals surface area contributed by atoms with Gasteiger partial charge >= 0.3 is 0 Å². The number of ether oxygens (including phenoxy) is 4. The Balaban J connectivity index is 2.29. The van der Waals surface area contributed by atoms with Crippen molar-refractivity contribution in [3.8, 4) is 5.75 Å². The lowest BCUT2D eigenvalue weighted by Gasteiger charge is -2.39. The van der Waals surface area contributed by atoms with Gasteiger partial charge in [0, 0.05) is 12.0 Å². The van der Waals surface area contributed by atoms with Crippen LogP contribution in [0.3, 0.4) is 0 Å². The number of hydrogen-bond donors (Lipinski definition) is 0. The van der Waals surface area contributed by atoms with Crippen molar-refractivity contribution in [3.05, 3.63) is 54.4 Å². The second-order valence-corrected chi connectivity index (χ2v) is 16.5. The molecule has 0 unspecified atom stereocenters. The lowest BCUT2D eigenvalue weighted by atomic mass is 9.99. The zero-order chi connectivity index (χ0) is 27.3. The number of methoxy groups -OCH3 is 1. The van der Waals surface area contributed by atoms with Gasteiger partial charge < -0.3 is 23.4 Å². The number of rotatable bonds is 12. The summed E-state index contributed by atoms with van der Waals surface area (Å²) in [6.07, 6.45) is 1.87. The minimum Gasteiger partial charge on any atom is -0.497 e. The standard InChI is InChI=1S/C29H47FO5Si/c1-12-13-25-27(34-29(7,8)33-25)26(32-19-22-14-16-23(31-9)17-15-22)24(30)18-20(2)21(3)35-36(10,11)28(4,5)6/h12,14-18,20-21,25-27H,1,13,19H2,2-11H3/b24-18+/t20-,21-,25+,26-,27+/m1/s1. The smallest absolute Gasteiger partial charge is 0.192 e. The van der Waals surface area contributed by atoms with Crippen LogP contribution in [-0.4, -0.2) is 45.6 Å². The predicted molar refractivity (Wildman–Crippen MR) is 146 cm³/mol. The van der Waals surface area contributed by atoms with Gasteiger partial charge in [-0.3, -0.25) is 0 Å². The molecule has 1 aliphatic rings. The van der Waals surface area contributed by atoms with Gasteiger partial charge in [0.15, 0.2) is 14.1 Å². The van der Waals surface area contributed by atoms with Gasteiger partial charge in [-0.2, -0.15) is 0 Å². The number of hydrogen-bond acceptors (Lipinski definition) is 5. The normalized spacial score (nSPS) is 23.2. The van der Waals surface area contributed by atoms with Crippen molar-refractivity contribution < 1.29 is 27.8 Å². The summed E-state index contributed by atoms with van der Waals surface area (Å²) in [4.78, 5) is 0. The van der Waals surface area contributed by atoms with E-state index in [-0.39, 0.29) is 35.6 Å². The maximum absolute atomic E-state index is 16.0. The largest absolute Gasteiger partial charge is 0.497 e. The first-order valence-corrected chi connectivity index (χ1v) is 15.8. The van der Waals surface area contributed by atoms with Crippen LogP contribution in [0.15, 0.2) is 48.8 Å². The molecule has 0 bridgehead atoms. The molecule has 5 nitrogen and oxygen atoms in total. The van der Waals surface area contributed by atoms with Crippen LogP contribution in [0.5, 0.6) is 5.75 Å². The summed E-state index contributed by atoms with van der Waals surface area (Å²) in [5.74, 6) is -0.613. The molecule has 36 heavy (non-hydrogen) atoms. The average molecular weight is 523 g/mol.